The Kier molecular flexibility index (Phi) is 3.57. The van der Waals surface area contributed by atoms with Crippen LogP contribution in [0.15, 0.2) is 11.3 Å². The molecular formula is C11H18N2O2S. The third kappa shape index (κ3) is 2.52. The van der Waals surface area contributed by atoms with Crippen molar-refractivity contribution >= 4 is 23.3 Å². The fourth-order valence-corrected chi connectivity index (χ4v) is 1.99. The SMILES string of the molecule is COC(=O)C1=C(C)NC(=S)NC1C(C)(C)C. The van der Waals surface area contributed by atoms with Gasteiger partial charge in [-0.25, -0.2) is 4.79 Å². The van der Waals surface area contributed by atoms with E-state index in [1.807, 2.05) is 6.92 Å². The average Bonchev–Trinajstić information content (AvgIpc) is 2.14. The van der Waals surface area contributed by atoms with Crippen LogP contribution in [0.2, 0.25) is 0 Å². The molecule has 5 heteroatoms. The molecule has 0 bridgehead atoms. The third-order valence-electron chi connectivity index (χ3n) is 2.54. The molecule has 1 aliphatic rings. The molecule has 1 heterocycles. The van der Waals surface area contributed by atoms with E-state index in [0.29, 0.717) is 10.7 Å². The highest BCUT2D eigenvalue weighted by Gasteiger charge is 2.36. The molecule has 0 aromatic heterocycles. The summed E-state index contributed by atoms with van der Waals surface area (Å²) < 4.78 is 4.80. The van der Waals surface area contributed by atoms with Gasteiger partial charge in [0.15, 0.2) is 5.11 Å². The Morgan fingerprint density at radius 3 is 2.44 bits per heavy atom. The fourth-order valence-electron chi connectivity index (χ4n) is 1.72. The zero-order valence-corrected chi connectivity index (χ0v) is 11.1. The lowest BCUT2D eigenvalue weighted by Crippen LogP contribution is -2.54. The van der Waals surface area contributed by atoms with Crippen molar-refractivity contribution in [1.82, 2.24) is 10.6 Å². The quantitative estimate of drug-likeness (QED) is 0.536. The summed E-state index contributed by atoms with van der Waals surface area (Å²) in [5, 5.41) is 6.61. The number of carbonyl (C=O) groups is 1. The molecule has 0 aromatic rings. The predicted molar refractivity (Wildman–Crippen MR) is 66.8 cm³/mol. The number of hydrogen-bond acceptors (Lipinski definition) is 3. The number of ether oxygens (including phenoxy) is 1. The lowest BCUT2D eigenvalue weighted by molar-refractivity contribution is -0.136. The minimum absolute atomic E-state index is 0.114. The molecule has 0 aliphatic carbocycles. The van der Waals surface area contributed by atoms with Crippen LogP contribution in [0.4, 0.5) is 0 Å². The second-order valence-electron chi connectivity index (χ2n) is 4.93. The van der Waals surface area contributed by atoms with E-state index in [1.54, 1.807) is 0 Å². The van der Waals surface area contributed by atoms with Gasteiger partial charge in [0.25, 0.3) is 0 Å². The molecule has 1 rings (SSSR count). The molecule has 0 aromatic carbocycles. The molecule has 1 unspecified atom stereocenters. The van der Waals surface area contributed by atoms with Crippen LogP contribution in [0, 0.1) is 5.41 Å². The van der Waals surface area contributed by atoms with Gasteiger partial charge in [0.1, 0.15) is 0 Å². The number of carbonyl (C=O) groups excluding carboxylic acids is 1. The van der Waals surface area contributed by atoms with E-state index in [0.717, 1.165) is 5.70 Å². The molecule has 0 fully saturated rings. The van der Waals surface area contributed by atoms with Gasteiger partial charge in [0, 0.05) is 5.70 Å². The second-order valence-corrected chi connectivity index (χ2v) is 5.34. The highest BCUT2D eigenvalue weighted by Crippen LogP contribution is 2.28. The summed E-state index contributed by atoms with van der Waals surface area (Å²) in [6.45, 7) is 7.98. The van der Waals surface area contributed by atoms with Crippen molar-refractivity contribution in [2.45, 2.75) is 33.7 Å². The third-order valence-corrected chi connectivity index (χ3v) is 2.76. The summed E-state index contributed by atoms with van der Waals surface area (Å²) in [5.41, 5.74) is 1.26. The largest absolute Gasteiger partial charge is 0.466 e. The Morgan fingerprint density at radius 1 is 1.44 bits per heavy atom. The minimum atomic E-state index is -0.320. The standard InChI is InChI=1S/C11H18N2O2S/c1-6-7(9(14)15-5)8(11(2,3)4)13-10(16)12-6/h8H,1-5H3,(H2,12,13,16). The van der Waals surface area contributed by atoms with Crippen LogP contribution >= 0.6 is 12.2 Å². The fraction of sp³-hybridized carbons (Fsp3) is 0.636. The maximum atomic E-state index is 11.7. The van der Waals surface area contributed by atoms with E-state index in [2.05, 4.69) is 31.4 Å². The highest BCUT2D eigenvalue weighted by atomic mass is 32.1. The van der Waals surface area contributed by atoms with Crippen LogP contribution in [0.3, 0.4) is 0 Å². The van der Waals surface area contributed by atoms with Gasteiger partial charge in [-0.2, -0.15) is 0 Å². The number of nitrogens with one attached hydrogen (secondary N) is 2. The lowest BCUT2D eigenvalue weighted by atomic mass is 9.80. The number of rotatable bonds is 1. The van der Waals surface area contributed by atoms with E-state index < -0.39 is 0 Å². The molecule has 4 nitrogen and oxygen atoms in total. The van der Waals surface area contributed by atoms with Crippen molar-refractivity contribution in [1.29, 1.82) is 0 Å². The van der Waals surface area contributed by atoms with Gasteiger partial charge in [-0.05, 0) is 24.6 Å². The van der Waals surface area contributed by atoms with Gasteiger partial charge in [0.05, 0.1) is 18.7 Å². The number of esters is 1. The Labute approximate surface area is 101 Å². The van der Waals surface area contributed by atoms with Crippen molar-refractivity contribution in [3.05, 3.63) is 11.3 Å². The summed E-state index contributed by atoms with van der Waals surface area (Å²) >= 11 is 5.10. The van der Waals surface area contributed by atoms with Gasteiger partial charge in [0.2, 0.25) is 0 Å². The van der Waals surface area contributed by atoms with Gasteiger partial charge < -0.3 is 15.4 Å². The first-order chi connectivity index (χ1) is 7.27. The van der Waals surface area contributed by atoms with E-state index in [1.165, 1.54) is 7.11 Å². The summed E-state index contributed by atoms with van der Waals surface area (Å²) in [6, 6.07) is -0.131. The second kappa shape index (κ2) is 4.41. The summed E-state index contributed by atoms with van der Waals surface area (Å²) in [5.74, 6) is -0.320. The lowest BCUT2D eigenvalue weighted by Gasteiger charge is -2.37. The van der Waals surface area contributed by atoms with Gasteiger partial charge >= 0.3 is 5.97 Å². The molecule has 0 saturated heterocycles. The molecule has 0 saturated carbocycles. The summed E-state index contributed by atoms with van der Waals surface area (Å²) in [6.07, 6.45) is 0. The Hall–Kier alpha value is -1.10. The molecular weight excluding hydrogens is 224 g/mol. The first kappa shape index (κ1) is 13.0. The van der Waals surface area contributed by atoms with Crippen molar-refractivity contribution in [2.24, 2.45) is 5.41 Å². The van der Waals surface area contributed by atoms with Crippen LogP contribution < -0.4 is 10.6 Å². The molecule has 0 spiro atoms. The van der Waals surface area contributed by atoms with Gasteiger partial charge in [-0.1, -0.05) is 20.8 Å². The Balaban J connectivity index is 3.18. The first-order valence-corrected chi connectivity index (χ1v) is 5.54. The van der Waals surface area contributed by atoms with E-state index in [4.69, 9.17) is 17.0 Å². The van der Waals surface area contributed by atoms with Crippen LogP contribution in [0.1, 0.15) is 27.7 Å². The Bertz CT molecular complexity index is 355. The number of thiocarbonyl (C=S) groups is 1. The van der Waals surface area contributed by atoms with Crippen molar-refractivity contribution in [2.75, 3.05) is 7.11 Å². The molecule has 16 heavy (non-hydrogen) atoms. The van der Waals surface area contributed by atoms with Crippen molar-refractivity contribution in [3.63, 3.8) is 0 Å². The predicted octanol–water partition coefficient (Wildman–Crippen LogP) is 1.33. The maximum Gasteiger partial charge on any atom is 0.337 e. The zero-order valence-electron chi connectivity index (χ0n) is 10.3. The molecule has 1 atom stereocenters. The molecule has 0 radical (unpaired) electrons. The number of methoxy groups -OCH3 is 1. The normalized spacial score (nSPS) is 21.3. The van der Waals surface area contributed by atoms with E-state index >= 15 is 0 Å². The van der Waals surface area contributed by atoms with Gasteiger partial charge in [-0.3, -0.25) is 0 Å². The molecule has 1 aliphatic heterocycles. The first-order valence-electron chi connectivity index (χ1n) is 5.14. The number of hydrogen-bond donors (Lipinski definition) is 2. The molecule has 90 valence electrons. The van der Waals surface area contributed by atoms with Crippen LogP contribution in [0.25, 0.3) is 0 Å². The van der Waals surface area contributed by atoms with Crippen LogP contribution in [0.5, 0.6) is 0 Å². The van der Waals surface area contributed by atoms with Crippen molar-refractivity contribution in [3.8, 4) is 0 Å². The minimum Gasteiger partial charge on any atom is -0.466 e. The van der Waals surface area contributed by atoms with Gasteiger partial charge in [-0.15, -0.1) is 0 Å². The summed E-state index contributed by atoms with van der Waals surface area (Å²) in [4.78, 5) is 11.7. The Morgan fingerprint density at radius 2 is 2.00 bits per heavy atom. The van der Waals surface area contributed by atoms with E-state index in [-0.39, 0.29) is 17.4 Å². The van der Waals surface area contributed by atoms with Crippen LogP contribution in [-0.2, 0) is 9.53 Å². The monoisotopic (exact) mass is 242 g/mol. The average molecular weight is 242 g/mol. The number of allylic oxidation sites excluding steroid dienone is 1. The summed E-state index contributed by atoms with van der Waals surface area (Å²) in [7, 11) is 1.38. The maximum absolute atomic E-state index is 11.7. The van der Waals surface area contributed by atoms with Crippen LogP contribution in [-0.4, -0.2) is 24.2 Å². The zero-order chi connectivity index (χ0) is 12.5. The molecule has 2 N–H and O–H groups in total. The van der Waals surface area contributed by atoms with E-state index in [9.17, 15) is 4.79 Å². The smallest absolute Gasteiger partial charge is 0.337 e. The molecule has 0 amide bonds. The highest BCUT2D eigenvalue weighted by molar-refractivity contribution is 7.80. The topological polar surface area (TPSA) is 50.4 Å². The van der Waals surface area contributed by atoms with Crippen molar-refractivity contribution < 1.29 is 9.53 Å².